The van der Waals surface area contributed by atoms with Crippen LogP contribution in [-0.4, -0.2) is 33.8 Å². The van der Waals surface area contributed by atoms with Crippen molar-refractivity contribution in [1.82, 2.24) is 15.2 Å². The van der Waals surface area contributed by atoms with Crippen LogP contribution in [0.3, 0.4) is 0 Å². The van der Waals surface area contributed by atoms with E-state index in [1.165, 1.54) is 0 Å². The van der Waals surface area contributed by atoms with Crippen molar-refractivity contribution in [3.63, 3.8) is 0 Å². The maximum absolute atomic E-state index is 12.3. The minimum Gasteiger partial charge on any atom is -0.342 e. The van der Waals surface area contributed by atoms with Crippen molar-refractivity contribution in [2.75, 3.05) is 6.54 Å². The monoisotopic (exact) mass is 247 g/mol. The van der Waals surface area contributed by atoms with Crippen molar-refractivity contribution in [1.29, 1.82) is 0 Å². The summed E-state index contributed by atoms with van der Waals surface area (Å²) >= 11 is 0. The van der Waals surface area contributed by atoms with Gasteiger partial charge in [-0.25, -0.2) is 0 Å². The number of nitrogens with one attached hydrogen (secondary N) is 1. The average molecular weight is 247 g/mol. The highest BCUT2D eigenvalue weighted by atomic mass is 16.2. The van der Waals surface area contributed by atoms with Crippen LogP contribution in [0, 0.1) is 0 Å². The second-order valence-electron chi connectivity index (χ2n) is 4.97. The molecule has 0 radical (unpaired) electrons. The zero-order chi connectivity index (χ0) is 13.2. The number of nitrogens with zero attached hydrogens (tertiary/aromatic N) is 2. The van der Waals surface area contributed by atoms with Crippen LogP contribution in [0.5, 0.6) is 0 Å². The van der Waals surface area contributed by atoms with Crippen molar-refractivity contribution in [3.05, 3.63) is 30.1 Å². The number of carbonyl (C=O) groups excluding carboxylic acids is 2. The number of carbonyl (C=O) groups is 2. The van der Waals surface area contributed by atoms with Gasteiger partial charge in [0.25, 0.3) is 0 Å². The van der Waals surface area contributed by atoms with Crippen molar-refractivity contribution in [2.45, 2.75) is 32.4 Å². The normalized spacial score (nSPS) is 19.3. The number of hydrogen-bond donors (Lipinski definition) is 1. The molecule has 0 atom stereocenters. The summed E-state index contributed by atoms with van der Waals surface area (Å²) in [7, 11) is 0. The Morgan fingerprint density at radius 1 is 1.39 bits per heavy atom. The molecular formula is C13H17N3O2. The summed E-state index contributed by atoms with van der Waals surface area (Å²) < 4.78 is 0. The maximum Gasteiger partial charge on any atom is 0.248 e. The predicted octanol–water partition coefficient (Wildman–Crippen LogP) is 0.709. The summed E-state index contributed by atoms with van der Waals surface area (Å²) in [6.07, 6.45) is 2.04. The molecule has 1 N–H and O–H groups in total. The van der Waals surface area contributed by atoms with Gasteiger partial charge in [-0.1, -0.05) is 6.07 Å². The third-order valence-corrected chi connectivity index (χ3v) is 2.96. The lowest BCUT2D eigenvalue weighted by molar-refractivity contribution is -0.137. The lowest BCUT2D eigenvalue weighted by atomic mass is 10.0. The topological polar surface area (TPSA) is 62.3 Å². The molecule has 0 aromatic carbocycles. The molecule has 5 nitrogen and oxygen atoms in total. The molecule has 5 heteroatoms. The van der Waals surface area contributed by atoms with Crippen LogP contribution < -0.4 is 5.32 Å². The van der Waals surface area contributed by atoms with Gasteiger partial charge in [0.1, 0.15) is 5.54 Å². The first-order valence-electron chi connectivity index (χ1n) is 5.99. The second-order valence-corrected chi connectivity index (χ2v) is 4.97. The molecule has 1 aromatic heterocycles. The fourth-order valence-electron chi connectivity index (χ4n) is 2.04. The Bertz CT molecular complexity index is 457. The zero-order valence-electron chi connectivity index (χ0n) is 10.6. The quantitative estimate of drug-likeness (QED) is 0.837. The van der Waals surface area contributed by atoms with E-state index in [4.69, 9.17) is 0 Å². The van der Waals surface area contributed by atoms with E-state index < -0.39 is 5.54 Å². The van der Waals surface area contributed by atoms with E-state index >= 15 is 0 Å². The molecule has 0 bridgehead atoms. The summed E-state index contributed by atoms with van der Waals surface area (Å²) in [6, 6.07) is 5.60. The third kappa shape index (κ3) is 2.67. The average Bonchev–Trinajstić information content (AvgIpc) is 2.42. The van der Waals surface area contributed by atoms with Gasteiger partial charge in [-0.3, -0.25) is 14.6 Å². The first-order chi connectivity index (χ1) is 8.49. The van der Waals surface area contributed by atoms with Crippen LogP contribution in [0.4, 0.5) is 0 Å². The van der Waals surface area contributed by atoms with Gasteiger partial charge >= 0.3 is 0 Å². The highest BCUT2D eigenvalue weighted by molar-refractivity contribution is 5.92. The molecule has 0 aliphatic carbocycles. The highest BCUT2D eigenvalue weighted by Gasteiger charge is 2.36. The molecule has 0 spiro atoms. The molecule has 0 saturated carbocycles. The lowest BCUT2D eigenvalue weighted by Gasteiger charge is -2.28. The number of hydrogen-bond acceptors (Lipinski definition) is 3. The first kappa shape index (κ1) is 12.5. The van der Waals surface area contributed by atoms with E-state index in [0.717, 1.165) is 5.69 Å². The highest BCUT2D eigenvalue weighted by Crippen LogP contribution is 2.15. The molecule has 2 heterocycles. The van der Waals surface area contributed by atoms with Crippen LogP contribution in [0.15, 0.2) is 24.4 Å². The van der Waals surface area contributed by atoms with Crippen LogP contribution in [-0.2, 0) is 16.1 Å². The number of pyridine rings is 1. The number of aromatic nitrogens is 1. The predicted molar refractivity (Wildman–Crippen MR) is 66.5 cm³/mol. The molecule has 18 heavy (non-hydrogen) atoms. The molecular weight excluding hydrogens is 230 g/mol. The van der Waals surface area contributed by atoms with E-state index in [1.807, 2.05) is 18.2 Å². The largest absolute Gasteiger partial charge is 0.342 e. The smallest absolute Gasteiger partial charge is 0.248 e. The number of amides is 2. The Balaban J connectivity index is 2.17. The summed E-state index contributed by atoms with van der Waals surface area (Å²) in [4.78, 5) is 29.7. The van der Waals surface area contributed by atoms with Gasteiger partial charge in [-0.05, 0) is 26.0 Å². The van der Waals surface area contributed by atoms with Crippen LogP contribution >= 0.6 is 0 Å². The zero-order valence-corrected chi connectivity index (χ0v) is 10.6. The minimum atomic E-state index is -0.845. The van der Waals surface area contributed by atoms with Gasteiger partial charge in [0.15, 0.2) is 0 Å². The lowest BCUT2D eigenvalue weighted by Crippen LogP contribution is -2.52. The summed E-state index contributed by atoms with van der Waals surface area (Å²) in [5.41, 5.74) is -0.0152. The standard InChI is InChI=1S/C13H17N3O2/c1-13(2)12(18)16(8-6-11(17)15-13)9-10-5-3-4-7-14-10/h3-5,7H,6,8-9H2,1-2H3,(H,15,17). The van der Waals surface area contributed by atoms with Gasteiger partial charge in [0, 0.05) is 19.2 Å². The van der Waals surface area contributed by atoms with E-state index in [9.17, 15) is 9.59 Å². The Morgan fingerprint density at radius 3 is 2.83 bits per heavy atom. The first-order valence-corrected chi connectivity index (χ1v) is 5.99. The molecule has 0 unspecified atom stereocenters. The Labute approximate surface area is 106 Å². The van der Waals surface area contributed by atoms with Gasteiger partial charge in [0.2, 0.25) is 11.8 Å². The van der Waals surface area contributed by atoms with E-state index in [-0.39, 0.29) is 11.8 Å². The SMILES string of the molecule is CC1(C)NC(=O)CCN(Cc2ccccn2)C1=O. The van der Waals surface area contributed by atoms with Gasteiger partial charge in [-0.2, -0.15) is 0 Å². The molecule has 96 valence electrons. The van der Waals surface area contributed by atoms with Gasteiger partial charge in [-0.15, -0.1) is 0 Å². The second kappa shape index (κ2) is 4.76. The van der Waals surface area contributed by atoms with Crippen molar-refractivity contribution in [3.8, 4) is 0 Å². The maximum atomic E-state index is 12.3. The molecule has 1 fully saturated rings. The Hall–Kier alpha value is -1.91. The van der Waals surface area contributed by atoms with Gasteiger partial charge < -0.3 is 10.2 Å². The molecule has 2 rings (SSSR count). The van der Waals surface area contributed by atoms with E-state index in [0.29, 0.717) is 19.5 Å². The van der Waals surface area contributed by atoms with Crippen LogP contribution in [0.1, 0.15) is 26.0 Å². The Morgan fingerprint density at radius 2 is 2.17 bits per heavy atom. The minimum absolute atomic E-state index is 0.0704. The van der Waals surface area contributed by atoms with E-state index in [1.54, 1.807) is 24.9 Å². The fraction of sp³-hybridized carbons (Fsp3) is 0.462. The summed E-state index contributed by atoms with van der Waals surface area (Å²) in [6.45, 7) is 4.33. The molecule has 1 aliphatic heterocycles. The molecule has 1 aliphatic rings. The molecule has 2 amide bonds. The third-order valence-electron chi connectivity index (χ3n) is 2.96. The van der Waals surface area contributed by atoms with Crippen molar-refractivity contribution in [2.24, 2.45) is 0 Å². The van der Waals surface area contributed by atoms with Crippen LogP contribution in [0.2, 0.25) is 0 Å². The van der Waals surface area contributed by atoms with Crippen molar-refractivity contribution >= 4 is 11.8 Å². The summed E-state index contributed by atoms with van der Waals surface area (Å²) in [5, 5.41) is 2.73. The van der Waals surface area contributed by atoms with Crippen LogP contribution in [0.25, 0.3) is 0 Å². The summed E-state index contributed by atoms with van der Waals surface area (Å²) in [5.74, 6) is -0.157. The molecule has 1 aromatic rings. The fourth-order valence-corrected chi connectivity index (χ4v) is 2.04. The number of rotatable bonds is 2. The van der Waals surface area contributed by atoms with Gasteiger partial charge in [0.05, 0.1) is 12.2 Å². The van der Waals surface area contributed by atoms with E-state index in [2.05, 4.69) is 10.3 Å². The Kier molecular flexibility index (Phi) is 3.32. The van der Waals surface area contributed by atoms with Crippen molar-refractivity contribution < 1.29 is 9.59 Å². The molecule has 1 saturated heterocycles.